The fraction of sp³-hybridized carbons (Fsp3) is 0.364. The molecule has 1 atom stereocenters. The number of rotatable bonds is 1. The highest BCUT2D eigenvalue weighted by molar-refractivity contribution is 7.07. The van der Waals surface area contributed by atoms with Crippen LogP contribution in [0.15, 0.2) is 17.1 Å². The third-order valence-corrected chi connectivity index (χ3v) is 3.43. The van der Waals surface area contributed by atoms with Crippen molar-refractivity contribution in [3.8, 4) is 11.5 Å². The summed E-state index contributed by atoms with van der Waals surface area (Å²) in [5.74, 6) is 0.745. The minimum Gasteiger partial charge on any atom is -0.310 e. The second-order valence-electron chi connectivity index (χ2n) is 3.90. The fourth-order valence-corrected chi connectivity index (χ4v) is 2.48. The summed E-state index contributed by atoms with van der Waals surface area (Å²) in [5, 5.41) is 5.38. The number of hydrogen-bond donors (Lipinski definition) is 1. The first-order valence-electron chi connectivity index (χ1n) is 5.32. The average Bonchev–Trinajstić information content (AvgIpc) is 2.82. The number of nitrogens with zero attached hydrogens (tertiary/aromatic N) is 3. The van der Waals surface area contributed by atoms with Gasteiger partial charge < -0.3 is 5.32 Å². The first-order valence-corrected chi connectivity index (χ1v) is 6.26. The standard InChI is InChI=1S/C11H12N4S/c1-7-8-4-13-11(10-5-16-6-14-10)15-9(8)2-3-12-7/h4-7,12H,2-3H2,1H3. The van der Waals surface area contributed by atoms with Crippen molar-refractivity contribution in [3.05, 3.63) is 28.3 Å². The quantitative estimate of drug-likeness (QED) is 0.814. The van der Waals surface area contributed by atoms with Gasteiger partial charge in [-0.1, -0.05) is 0 Å². The van der Waals surface area contributed by atoms with Gasteiger partial charge in [-0.05, 0) is 6.92 Å². The molecule has 0 saturated heterocycles. The third-order valence-electron chi connectivity index (χ3n) is 2.84. The Balaban J connectivity index is 2.05. The summed E-state index contributed by atoms with van der Waals surface area (Å²) in [7, 11) is 0. The molecule has 1 unspecified atom stereocenters. The minimum absolute atomic E-state index is 0.355. The second-order valence-corrected chi connectivity index (χ2v) is 4.61. The molecule has 0 saturated carbocycles. The van der Waals surface area contributed by atoms with Gasteiger partial charge in [-0.2, -0.15) is 0 Å². The minimum atomic E-state index is 0.355. The van der Waals surface area contributed by atoms with Crippen LogP contribution in [0.4, 0.5) is 0 Å². The molecule has 1 N–H and O–H groups in total. The second kappa shape index (κ2) is 3.92. The van der Waals surface area contributed by atoms with Crippen LogP contribution < -0.4 is 5.32 Å². The van der Waals surface area contributed by atoms with Crippen LogP contribution in [0.1, 0.15) is 24.2 Å². The summed E-state index contributed by atoms with van der Waals surface area (Å²) >= 11 is 1.57. The Labute approximate surface area is 97.8 Å². The molecule has 1 aliphatic rings. The average molecular weight is 232 g/mol. The Bertz CT molecular complexity index is 495. The maximum Gasteiger partial charge on any atom is 0.179 e. The number of aromatic nitrogens is 3. The SMILES string of the molecule is CC1NCCc2nc(-c3cscn3)ncc21. The fourth-order valence-electron chi connectivity index (χ4n) is 1.95. The van der Waals surface area contributed by atoms with E-state index < -0.39 is 0 Å². The van der Waals surface area contributed by atoms with Gasteiger partial charge in [0, 0.05) is 36.1 Å². The van der Waals surface area contributed by atoms with Crippen molar-refractivity contribution >= 4 is 11.3 Å². The zero-order valence-electron chi connectivity index (χ0n) is 8.97. The summed E-state index contributed by atoms with van der Waals surface area (Å²) in [5.41, 5.74) is 5.05. The normalized spacial score (nSPS) is 19.4. The van der Waals surface area contributed by atoms with E-state index in [1.807, 2.05) is 17.1 Å². The molecule has 4 nitrogen and oxygen atoms in total. The molecule has 0 aromatic carbocycles. The van der Waals surface area contributed by atoms with Gasteiger partial charge in [-0.3, -0.25) is 0 Å². The summed E-state index contributed by atoms with van der Waals surface area (Å²) in [6.45, 7) is 3.13. The van der Waals surface area contributed by atoms with Crippen molar-refractivity contribution in [3.63, 3.8) is 0 Å². The Kier molecular flexibility index (Phi) is 2.41. The van der Waals surface area contributed by atoms with Gasteiger partial charge in [-0.15, -0.1) is 11.3 Å². The van der Waals surface area contributed by atoms with E-state index in [2.05, 4.69) is 27.2 Å². The lowest BCUT2D eigenvalue weighted by atomic mass is 10.0. The summed E-state index contributed by atoms with van der Waals surface area (Å²) in [4.78, 5) is 13.2. The molecule has 1 aliphatic heterocycles. The molecule has 5 heteroatoms. The van der Waals surface area contributed by atoms with Crippen LogP contribution in [0.5, 0.6) is 0 Å². The molecule has 2 aromatic rings. The first-order chi connectivity index (χ1) is 7.84. The van der Waals surface area contributed by atoms with Gasteiger partial charge in [0.2, 0.25) is 0 Å². The summed E-state index contributed by atoms with van der Waals surface area (Å²) in [6, 6.07) is 0.355. The number of fused-ring (bicyclic) bond motifs is 1. The highest BCUT2D eigenvalue weighted by atomic mass is 32.1. The van der Waals surface area contributed by atoms with Gasteiger partial charge >= 0.3 is 0 Å². The van der Waals surface area contributed by atoms with Gasteiger partial charge in [0.15, 0.2) is 5.82 Å². The van der Waals surface area contributed by atoms with Gasteiger partial charge in [0.25, 0.3) is 0 Å². The zero-order valence-corrected chi connectivity index (χ0v) is 9.79. The summed E-state index contributed by atoms with van der Waals surface area (Å²) in [6.07, 6.45) is 2.90. The number of nitrogens with one attached hydrogen (secondary N) is 1. The van der Waals surface area contributed by atoms with Crippen LogP contribution in [-0.2, 0) is 6.42 Å². The predicted molar refractivity (Wildman–Crippen MR) is 63.3 cm³/mol. The van der Waals surface area contributed by atoms with Crippen LogP contribution in [-0.4, -0.2) is 21.5 Å². The van der Waals surface area contributed by atoms with Crippen LogP contribution in [0.2, 0.25) is 0 Å². The lowest BCUT2D eigenvalue weighted by molar-refractivity contribution is 0.530. The van der Waals surface area contributed by atoms with E-state index in [1.165, 1.54) is 5.56 Å². The maximum atomic E-state index is 4.60. The van der Waals surface area contributed by atoms with E-state index in [1.54, 1.807) is 11.3 Å². The molecule has 0 fully saturated rings. The van der Waals surface area contributed by atoms with E-state index in [9.17, 15) is 0 Å². The van der Waals surface area contributed by atoms with E-state index >= 15 is 0 Å². The lowest BCUT2D eigenvalue weighted by Crippen LogP contribution is -2.28. The maximum absolute atomic E-state index is 4.60. The molecule has 0 spiro atoms. The van der Waals surface area contributed by atoms with E-state index in [0.29, 0.717) is 6.04 Å². The summed E-state index contributed by atoms with van der Waals surface area (Å²) < 4.78 is 0. The van der Waals surface area contributed by atoms with E-state index in [4.69, 9.17) is 0 Å². The van der Waals surface area contributed by atoms with Crippen molar-refractivity contribution in [1.82, 2.24) is 20.3 Å². The highest BCUT2D eigenvalue weighted by Crippen LogP contribution is 2.22. The van der Waals surface area contributed by atoms with Crippen molar-refractivity contribution in [2.45, 2.75) is 19.4 Å². The predicted octanol–water partition coefficient (Wildman–Crippen LogP) is 1.81. The van der Waals surface area contributed by atoms with Crippen LogP contribution in [0.25, 0.3) is 11.5 Å². The smallest absolute Gasteiger partial charge is 0.179 e. The molecule has 0 aliphatic carbocycles. The molecule has 0 bridgehead atoms. The molecule has 16 heavy (non-hydrogen) atoms. The number of thiazole rings is 1. The lowest BCUT2D eigenvalue weighted by Gasteiger charge is -2.22. The monoisotopic (exact) mass is 232 g/mol. The van der Waals surface area contributed by atoms with Crippen molar-refractivity contribution in [1.29, 1.82) is 0 Å². The molecule has 82 valence electrons. The molecule has 2 aromatic heterocycles. The molecule has 3 rings (SSSR count). The molecule has 0 radical (unpaired) electrons. The number of hydrogen-bond acceptors (Lipinski definition) is 5. The largest absolute Gasteiger partial charge is 0.310 e. The van der Waals surface area contributed by atoms with Crippen molar-refractivity contribution < 1.29 is 0 Å². The van der Waals surface area contributed by atoms with E-state index in [-0.39, 0.29) is 0 Å². The Hall–Kier alpha value is -1.33. The highest BCUT2D eigenvalue weighted by Gasteiger charge is 2.18. The van der Waals surface area contributed by atoms with Gasteiger partial charge in [0.1, 0.15) is 5.69 Å². The molecular formula is C11H12N4S. The van der Waals surface area contributed by atoms with Crippen LogP contribution in [0, 0.1) is 0 Å². The Morgan fingerprint density at radius 3 is 3.19 bits per heavy atom. The third kappa shape index (κ3) is 1.62. The topological polar surface area (TPSA) is 50.7 Å². The van der Waals surface area contributed by atoms with Crippen molar-refractivity contribution in [2.24, 2.45) is 0 Å². The Morgan fingerprint density at radius 2 is 2.38 bits per heavy atom. The van der Waals surface area contributed by atoms with Crippen molar-refractivity contribution in [2.75, 3.05) is 6.54 Å². The molecule has 3 heterocycles. The zero-order chi connectivity index (χ0) is 11.0. The molecule has 0 amide bonds. The van der Waals surface area contributed by atoms with Crippen LogP contribution >= 0.6 is 11.3 Å². The van der Waals surface area contributed by atoms with Crippen LogP contribution in [0.3, 0.4) is 0 Å². The first kappa shape index (κ1) is 9.86. The van der Waals surface area contributed by atoms with Gasteiger partial charge in [-0.25, -0.2) is 15.0 Å². The Morgan fingerprint density at radius 1 is 1.44 bits per heavy atom. The molecular weight excluding hydrogens is 220 g/mol. The van der Waals surface area contributed by atoms with E-state index in [0.717, 1.165) is 30.2 Å². The van der Waals surface area contributed by atoms with Gasteiger partial charge in [0.05, 0.1) is 11.2 Å².